The Hall–Kier alpha value is -2.80. The molecule has 0 radical (unpaired) electrons. The molecular formula is C27H28F9N3O. The molecule has 0 saturated carbocycles. The Kier molecular flexibility index (Phi) is 8.74. The van der Waals surface area contributed by atoms with Crippen molar-refractivity contribution in [2.24, 2.45) is 0 Å². The minimum atomic E-state index is -5.10. The van der Waals surface area contributed by atoms with E-state index in [0.29, 0.717) is 37.3 Å². The summed E-state index contributed by atoms with van der Waals surface area (Å²) >= 11 is 0. The molecule has 2 aromatic carbocycles. The van der Waals surface area contributed by atoms with Gasteiger partial charge in [0.1, 0.15) is 5.82 Å². The summed E-state index contributed by atoms with van der Waals surface area (Å²) in [5.41, 5.74) is -3.25. The number of carbonyl (C=O) groups excluding carboxylic acids is 1. The lowest BCUT2D eigenvalue weighted by atomic mass is 9.99. The predicted molar refractivity (Wildman–Crippen MR) is 128 cm³/mol. The first-order valence-corrected chi connectivity index (χ1v) is 12.8. The van der Waals surface area contributed by atoms with E-state index in [1.165, 1.54) is 29.2 Å². The Balaban J connectivity index is 1.55. The predicted octanol–water partition coefficient (Wildman–Crippen LogP) is 5.96. The van der Waals surface area contributed by atoms with Gasteiger partial charge >= 0.3 is 12.4 Å². The molecule has 2 aliphatic rings. The number of piperidine rings is 1. The van der Waals surface area contributed by atoms with Crippen LogP contribution in [0.2, 0.25) is 0 Å². The van der Waals surface area contributed by atoms with Gasteiger partial charge in [0, 0.05) is 70.3 Å². The van der Waals surface area contributed by atoms with E-state index in [2.05, 4.69) is 0 Å². The van der Waals surface area contributed by atoms with Gasteiger partial charge in [0.15, 0.2) is 0 Å². The molecule has 1 atom stereocenters. The van der Waals surface area contributed by atoms with Crippen molar-refractivity contribution in [1.82, 2.24) is 14.7 Å². The van der Waals surface area contributed by atoms with Crippen molar-refractivity contribution in [1.29, 1.82) is 0 Å². The number of carbonyl (C=O) groups is 1. The van der Waals surface area contributed by atoms with Crippen LogP contribution in [-0.2, 0) is 18.8 Å². The molecule has 2 fully saturated rings. The number of benzene rings is 2. The number of amides is 1. The zero-order valence-electron chi connectivity index (χ0n) is 21.3. The van der Waals surface area contributed by atoms with Crippen LogP contribution in [0.15, 0.2) is 42.5 Å². The fraction of sp³-hybridized carbons (Fsp3) is 0.519. The lowest BCUT2D eigenvalue weighted by Crippen LogP contribution is -2.57. The first-order chi connectivity index (χ1) is 18.6. The number of hydrogen-bond acceptors (Lipinski definition) is 3. The van der Waals surface area contributed by atoms with Gasteiger partial charge in [-0.1, -0.05) is 12.1 Å². The molecule has 0 aliphatic carbocycles. The molecule has 4 rings (SSSR count). The van der Waals surface area contributed by atoms with E-state index in [1.54, 1.807) is 0 Å². The number of likely N-dealkylation sites (tertiary alicyclic amines) is 1. The average Bonchev–Trinajstić information content (AvgIpc) is 2.88. The second kappa shape index (κ2) is 11.6. The van der Waals surface area contributed by atoms with Crippen LogP contribution in [0, 0.1) is 5.82 Å². The second-order valence-corrected chi connectivity index (χ2v) is 10.3. The maximum absolute atomic E-state index is 13.5. The largest absolute Gasteiger partial charge is 0.416 e. The molecule has 0 unspecified atom stereocenters. The molecule has 220 valence electrons. The van der Waals surface area contributed by atoms with Gasteiger partial charge in [0.25, 0.3) is 11.8 Å². The van der Waals surface area contributed by atoms with Crippen LogP contribution in [0.1, 0.15) is 39.9 Å². The summed E-state index contributed by atoms with van der Waals surface area (Å²) in [4.78, 5) is 18.6. The van der Waals surface area contributed by atoms with Crippen molar-refractivity contribution in [3.05, 3.63) is 70.5 Å². The highest BCUT2D eigenvalue weighted by molar-refractivity contribution is 5.95. The minimum absolute atomic E-state index is 0.0266. The van der Waals surface area contributed by atoms with Crippen LogP contribution in [0.5, 0.6) is 0 Å². The van der Waals surface area contributed by atoms with Gasteiger partial charge in [-0.3, -0.25) is 9.69 Å². The topological polar surface area (TPSA) is 26.8 Å². The van der Waals surface area contributed by atoms with Crippen molar-refractivity contribution in [3.8, 4) is 0 Å². The lowest BCUT2D eigenvalue weighted by molar-refractivity contribution is -0.143. The first-order valence-electron chi connectivity index (χ1n) is 12.8. The van der Waals surface area contributed by atoms with Gasteiger partial charge in [-0.2, -0.15) is 26.3 Å². The van der Waals surface area contributed by atoms with Crippen LogP contribution in [-0.4, -0.2) is 78.4 Å². The molecule has 2 aliphatic heterocycles. The number of nitrogens with zero attached hydrogens (tertiary/aromatic N) is 3. The van der Waals surface area contributed by atoms with E-state index in [-0.39, 0.29) is 51.5 Å². The molecule has 0 bridgehead atoms. The van der Waals surface area contributed by atoms with E-state index in [0.717, 1.165) is 0 Å². The van der Waals surface area contributed by atoms with Crippen LogP contribution >= 0.6 is 0 Å². The molecule has 0 aromatic heterocycles. The minimum Gasteiger partial charge on any atom is -0.333 e. The Labute approximate surface area is 225 Å². The van der Waals surface area contributed by atoms with E-state index >= 15 is 0 Å². The molecular weight excluding hydrogens is 553 g/mol. The summed E-state index contributed by atoms with van der Waals surface area (Å²) in [5.74, 6) is -4.14. The molecule has 40 heavy (non-hydrogen) atoms. The number of halogens is 9. The SMILES string of the molecule is O=C(c1cc(C(F)(F)F)cc(C(F)(F)F)c1)N1CCN(CCN2CCC(F)(F)CC2)C[C@H]1Cc1ccc(F)cc1. The van der Waals surface area contributed by atoms with Gasteiger partial charge in [-0.25, -0.2) is 13.2 Å². The van der Waals surface area contributed by atoms with E-state index in [1.807, 2.05) is 9.80 Å². The summed E-state index contributed by atoms with van der Waals surface area (Å²) in [6.45, 7) is 2.02. The highest BCUT2D eigenvalue weighted by atomic mass is 19.4. The third-order valence-electron chi connectivity index (χ3n) is 7.37. The highest BCUT2D eigenvalue weighted by Gasteiger charge is 2.39. The maximum Gasteiger partial charge on any atom is 0.416 e. The van der Waals surface area contributed by atoms with Crippen LogP contribution < -0.4 is 0 Å². The van der Waals surface area contributed by atoms with Gasteiger partial charge in [0.2, 0.25) is 0 Å². The van der Waals surface area contributed by atoms with Crippen molar-refractivity contribution in [3.63, 3.8) is 0 Å². The van der Waals surface area contributed by atoms with Gasteiger partial charge in [0.05, 0.1) is 11.1 Å². The first kappa shape index (κ1) is 30.2. The molecule has 2 heterocycles. The van der Waals surface area contributed by atoms with Crippen molar-refractivity contribution in [2.45, 2.75) is 43.6 Å². The summed E-state index contributed by atoms with van der Waals surface area (Å²) in [5, 5.41) is 0. The number of rotatable bonds is 6. The van der Waals surface area contributed by atoms with Crippen molar-refractivity contribution >= 4 is 5.91 Å². The van der Waals surface area contributed by atoms with Crippen molar-refractivity contribution < 1.29 is 44.3 Å². The fourth-order valence-corrected chi connectivity index (χ4v) is 5.09. The monoisotopic (exact) mass is 581 g/mol. The zero-order chi connectivity index (χ0) is 29.3. The zero-order valence-corrected chi connectivity index (χ0v) is 21.3. The van der Waals surface area contributed by atoms with Gasteiger partial charge < -0.3 is 9.80 Å². The molecule has 0 N–H and O–H groups in total. The summed E-state index contributed by atoms with van der Waals surface area (Å²) in [6, 6.07) is 5.61. The second-order valence-electron chi connectivity index (χ2n) is 10.3. The van der Waals surface area contributed by atoms with Crippen LogP contribution in [0.3, 0.4) is 0 Å². The van der Waals surface area contributed by atoms with E-state index in [4.69, 9.17) is 0 Å². The maximum atomic E-state index is 13.5. The Morgan fingerprint density at radius 1 is 0.800 bits per heavy atom. The van der Waals surface area contributed by atoms with Crippen molar-refractivity contribution in [2.75, 3.05) is 45.8 Å². The van der Waals surface area contributed by atoms with Gasteiger partial charge in [-0.05, 0) is 42.3 Å². The number of alkyl halides is 8. The average molecular weight is 582 g/mol. The van der Waals surface area contributed by atoms with Crippen LogP contribution in [0.4, 0.5) is 39.5 Å². The standard InChI is InChI=1S/C27H28F9N3O/c28-22-3-1-18(2-4-22)13-23-17-38(10-9-37-7-5-25(29,30)6-8-37)11-12-39(23)24(40)19-14-20(26(31,32)33)16-21(15-19)27(34,35)36/h1-4,14-16,23H,5-13,17H2/t23-/m1/s1. The molecule has 2 aromatic rings. The quantitative estimate of drug-likeness (QED) is 0.394. The number of hydrogen-bond donors (Lipinski definition) is 0. The van der Waals surface area contributed by atoms with E-state index in [9.17, 15) is 44.3 Å². The molecule has 4 nitrogen and oxygen atoms in total. The third-order valence-corrected chi connectivity index (χ3v) is 7.37. The van der Waals surface area contributed by atoms with Gasteiger partial charge in [-0.15, -0.1) is 0 Å². The van der Waals surface area contributed by atoms with Crippen LogP contribution in [0.25, 0.3) is 0 Å². The normalized spacial score (nSPS) is 21.0. The Bertz CT molecular complexity index is 1140. The summed E-state index contributed by atoms with van der Waals surface area (Å²) in [6.07, 6.45) is -10.5. The Morgan fingerprint density at radius 2 is 1.35 bits per heavy atom. The fourth-order valence-electron chi connectivity index (χ4n) is 5.09. The highest BCUT2D eigenvalue weighted by Crippen LogP contribution is 2.37. The third kappa shape index (κ3) is 7.68. The number of piperazine rings is 1. The van der Waals surface area contributed by atoms with E-state index < -0.39 is 52.7 Å². The Morgan fingerprint density at radius 3 is 1.90 bits per heavy atom. The molecule has 13 heteroatoms. The summed E-state index contributed by atoms with van der Waals surface area (Å²) < 4.78 is 121. The molecule has 1 amide bonds. The molecule has 2 saturated heterocycles. The lowest BCUT2D eigenvalue weighted by Gasteiger charge is -2.42. The summed E-state index contributed by atoms with van der Waals surface area (Å²) in [7, 11) is 0. The smallest absolute Gasteiger partial charge is 0.333 e. The molecule has 0 spiro atoms.